The fourth-order valence-electron chi connectivity index (χ4n) is 3.86. The summed E-state index contributed by atoms with van der Waals surface area (Å²) in [4.78, 5) is 9.32. The molecule has 5 rings (SSSR count). The summed E-state index contributed by atoms with van der Waals surface area (Å²) in [5, 5.41) is 2.10. The van der Waals surface area contributed by atoms with Crippen molar-refractivity contribution in [1.82, 2.24) is 9.97 Å². The van der Waals surface area contributed by atoms with Crippen molar-refractivity contribution in [2.75, 3.05) is 0 Å². The van der Waals surface area contributed by atoms with Gasteiger partial charge in [0.1, 0.15) is 5.58 Å². The van der Waals surface area contributed by atoms with Crippen LogP contribution in [-0.4, -0.2) is 9.97 Å². The Morgan fingerprint density at radius 2 is 1.63 bits per heavy atom. The highest BCUT2D eigenvalue weighted by molar-refractivity contribution is 6.08. The first kappa shape index (κ1) is 18.6. The van der Waals surface area contributed by atoms with Crippen molar-refractivity contribution in [3.63, 3.8) is 0 Å². The van der Waals surface area contributed by atoms with Crippen LogP contribution in [0.25, 0.3) is 44.5 Å². The van der Waals surface area contributed by atoms with Crippen molar-refractivity contribution in [2.24, 2.45) is 0 Å². The highest BCUT2D eigenvalue weighted by Gasteiger charge is 2.15. The zero-order valence-electron chi connectivity index (χ0n) is 17.7. The lowest BCUT2D eigenvalue weighted by Crippen LogP contribution is -2.10. The summed E-state index contributed by atoms with van der Waals surface area (Å²) in [6, 6.07) is 23.2. The van der Waals surface area contributed by atoms with Gasteiger partial charge >= 0.3 is 0 Å². The molecule has 30 heavy (non-hydrogen) atoms. The van der Waals surface area contributed by atoms with E-state index in [2.05, 4.69) is 86.4 Å². The fourth-order valence-corrected chi connectivity index (χ4v) is 3.86. The summed E-state index contributed by atoms with van der Waals surface area (Å²) in [6.07, 6.45) is 1.95. The van der Waals surface area contributed by atoms with Crippen LogP contribution < -0.4 is 0 Å². The molecule has 0 saturated carbocycles. The topological polar surface area (TPSA) is 38.9 Å². The van der Waals surface area contributed by atoms with Crippen LogP contribution in [0.2, 0.25) is 0 Å². The molecule has 0 aliphatic heterocycles. The van der Waals surface area contributed by atoms with Crippen LogP contribution in [0.5, 0.6) is 0 Å². The third-order valence-corrected chi connectivity index (χ3v) is 5.60. The lowest BCUT2D eigenvalue weighted by atomic mass is 9.85. The Labute approximate surface area is 176 Å². The van der Waals surface area contributed by atoms with Crippen molar-refractivity contribution in [3.05, 3.63) is 84.2 Å². The average molecular weight is 393 g/mol. The number of aryl methyl sites for hydroxylation is 1. The van der Waals surface area contributed by atoms with Crippen LogP contribution in [0, 0.1) is 6.92 Å². The number of benzene rings is 2. The maximum atomic E-state index is 6.14. The van der Waals surface area contributed by atoms with Crippen LogP contribution in [0.15, 0.2) is 77.3 Å². The maximum Gasteiger partial charge on any atom is 0.227 e. The number of nitrogens with zero attached hydrogens (tertiary/aromatic N) is 2. The molecule has 0 amide bonds. The highest BCUT2D eigenvalue weighted by atomic mass is 16.3. The van der Waals surface area contributed by atoms with Crippen molar-refractivity contribution in [1.29, 1.82) is 0 Å². The van der Waals surface area contributed by atoms with E-state index in [9.17, 15) is 0 Å². The smallest absolute Gasteiger partial charge is 0.227 e. The van der Waals surface area contributed by atoms with E-state index in [0.29, 0.717) is 5.71 Å². The minimum Gasteiger partial charge on any atom is -0.437 e. The van der Waals surface area contributed by atoms with Crippen LogP contribution >= 0.6 is 0 Å². The molecule has 0 bridgehead atoms. The van der Waals surface area contributed by atoms with Gasteiger partial charge in [-0.25, -0.2) is 4.98 Å². The largest absolute Gasteiger partial charge is 0.437 e. The number of para-hydroxylation sites is 1. The molecule has 2 aromatic carbocycles. The van der Waals surface area contributed by atoms with Crippen molar-refractivity contribution >= 4 is 22.1 Å². The molecule has 0 aliphatic carbocycles. The van der Waals surface area contributed by atoms with E-state index in [1.54, 1.807) is 0 Å². The first-order valence-corrected chi connectivity index (χ1v) is 10.3. The highest BCUT2D eigenvalue weighted by Crippen LogP contribution is 2.35. The Balaban J connectivity index is 1.58. The summed E-state index contributed by atoms with van der Waals surface area (Å²) < 4.78 is 6.14. The summed E-state index contributed by atoms with van der Waals surface area (Å²) in [7, 11) is 0. The molecule has 3 aromatic heterocycles. The SMILES string of the molecule is Cc1ccc2c(n1)oc1c(-c3ccc(-c4cccc(C(C)(C)C)c4)cn3)cccc12. The number of fused-ring (bicyclic) bond motifs is 3. The Morgan fingerprint density at radius 1 is 0.800 bits per heavy atom. The zero-order valence-corrected chi connectivity index (χ0v) is 17.7. The fraction of sp³-hybridized carbons (Fsp3) is 0.185. The van der Waals surface area contributed by atoms with Gasteiger partial charge in [0, 0.05) is 33.8 Å². The van der Waals surface area contributed by atoms with Gasteiger partial charge in [0.05, 0.1) is 5.69 Å². The standard InChI is InChI=1S/C27H24N2O/c1-17-11-13-22-21-9-6-10-23(25(21)30-26(22)29-17)24-14-12-19(16-28-24)18-7-5-8-20(15-18)27(2,3)4/h5-16H,1-4H3. The lowest BCUT2D eigenvalue weighted by molar-refractivity contribution is 0.590. The van der Waals surface area contributed by atoms with E-state index in [4.69, 9.17) is 9.40 Å². The second-order valence-corrected chi connectivity index (χ2v) is 8.85. The van der Waals surface area contributed by atoms with Crippen molar-refractivity contribution in [2.45, 2.75) is 33.1 Å². The second kappa shape index (κ2) is 6.81. The Hall–Kier alpha value is -3.46. The predicted octanol–water partition coefficient (Wildman–Crippen LogP) is 7.32. The van der Waals surface area contributed by atoms with E-state index in [1.165, 1.54) is 11.1 Å². The van der Waals surface area contributed by atoms with Crippen LogP contribution in [0.1, 0.15) is 32.0 Å². The van der Waals surface area contributed by atoms with Gasteiger partial charge in [0.15, 0.2) is 0 Å². The van der Waals surface area contributed by atoms with Crippen molar-refractivity contribution < 1.29 is 4.42 Å². The monoisotopic (exact) mass is 392 g/mol. The molecule has 3 heterocycles. The number of rotatable bonds is 2. The molecule has 0 fully saturated rings. The quantitative estimate of drug-likeness (QED) is 0.316. The molecule has 3 heteroatoms. The number of hydrogen-bond acceptors (Lipinski definition) is 3. The molecular weight excluding hydrogens is 368 g/mol. The molecule has 0 unspecified atom stereocenters. The number of aromatic nitrogens is 2. The molecule has 5 aromatic rings. The van der Waals surface area contributed by atoms with Gasteiger partial charge in [-0.3, -0.25) is 4.98 Å². The molecule has 0 atom stereocenters. The Morgan fingerprint density at radius 3 is 2.40 bits per heavy atom. The van der Waals surface area contributed by atoms with Crippen molar-refractivity contribution in [3.8, 4) is 22.4 Å². The predicted molar refractivity (Wildman–Crippen MR) is 124 cm³/mol. The minimum absolute atomic E-state index is 0.118. The van der Waals surface area contributed by atoms with Gasteiger partial charge in [-0.1, -0.05) is 63.2 Å². The van der Waals surface area contributed by atoms with E-state index in [1.807, 2.05) is 19.2 Å². The van der Waals surface area contributed by atoms with E-state index in [0.717, 1.165) is 38.9 Å². The first-order chi connectivity index (χ1) is 14.4. The first-order valence-electron chi connectivity index (χ1n) is 10.3. The maximum absolute atomic E-state index is 6.14. The van der Waals surface area contributed by atoms with E-state index < -0.39 is 0 Å². The summed E-state index contributed by atoms with van der Waals surface area (Å²) in [5.74, 6) is 0. The Kier molecular flexibility index (Phi) is 4.21. The Bertz CT molecular complexity index is 1370. The molecule has 0 radical (unpaired) electrons. The van der Waals surface area contributed by atoms with Gasteiger partial charge in [0.25, 0.3) is 0 Å². The third-order valence-electron chi connectivity index (χ3n) is 5.60. The van der Waals surface area contributed by atoms with Gasteiger partial charge in [-0.05, 0) is 47.7 Å². The second-order valence-electron chi connectivity index (χ2n) is 8.85. The third kappa shape index (κ3) is 3.17. The molecule has 0 aliphatic rings. The molecule has 0 saturated heterocycles. The number of pyridine rings is 2. The molecule has 148 valence electrons. The van der Waals surface area contributed by atoms with Gasteiger partial charge in [0.2, 0.25) is 5.71 Å². The summed E-state index contributed by atoms with van der Waals surface area (Å²) in [6.45, 7) is 8.68. The zero-order chi connectivity index (χ0) is 20.9. The van der Waals surface area contributed by atoms with Gasteiger partial charge < -0.3 is 4.42 Å². The average Bonchev–Trinajstić information content (AvgIpc) is 3.11. The minimum atomic E-state index is 0.118. The van der Waals surface area contributed by atoms with E-state index >= 15 is 0 Å². The number of hydrogen-bond donors (Lipinski definition) is 0. The molecule has 3 nitrogen and oxygen atoms in total. The molecule has 0 spiro atoms. The number of furan rings is 1. The lowest BCUT2D eigenvalue weighted by Gasteiger charge is -2.19. The van der Waals surface area contributed by atoms with E-state index in [-0.39, 0.29) is 5.41 Å². The van der Waals surface area contributed by atoms with Gasteiger partial charge in [-0.2, -0.15) is 0 Å². The van der Waals surface area contributed by atoms with Crippen LogP contribution in [-0.2, 0) is 5.41 Å². The normalized spacial score (nSPS) is 12.0. The molecule has 0 N–H and O–H groups in total. The summed E-state index contributed by atoms with van der Waals surface area (Å²) in [5.41, 5.74) is 8.06. The summed E-state index contributed by atoms with van der Waals surface area (Å²) >= 11 is 0. The van der Waals surface area contributed by atoms with Gasteiger partial charge in [-0.15, -0.1) is 0 Å². The van der Waals surface area contributed by atoms with Crippen LogP contribution in [0.4, 0.5) is 0 Å². The molecular formula is C27H24N2O. The van der Waals surface area contributed by atoms with Crippen LogP contribution in [0.3, 0.4) is 0 Å².